The Bertz CT molecular complexity index is 161. The van der Waals surface area contributed by atoms with Gasteiger partial charge in [0.15, 0.2) is 0 Å². The number of carbonyl (C=O) groups excluding carboxylic acids is 1. The third-order valence-electron chi connectivity index (χ3n) is 2.16. The van der Waals surface area contributed by atoms with Gasteiger partial charge in [0.25, 0.3) is 0 Å². The SMILES string of the molecule is CC.CCC1CC(C)(C)CC(=O)O1. The molecule has 2 heteroatoms. The summed E-state index contributed by atoms with van der Waals surface area (Å²) in [6, 6.07) is 0. The fourth-order valence-corrected chi connectivity index (χ4v) is 1.58. The molecule has 1 atom stereocenters. The number of hydrogen-bond acceptors (Lipinski definition) is 2. The van der Waals surface area contributed by atoms with Gasteiger partial charge in [-0.25, -0.2) is 0 Å². The maximum absolute atomic E-state index is 11.0. The Labute approximate surface area is 81.7 Å². The molecule has 0 bridgehead atoms. The van der Waals surface area contributed by atoms with Crippen molar-refractivity contribution in [2.45, 2.75) is 60.0 Å². The zero-order chi connectivity index (χ0) is 10.5. The summed E-state index contributed by atoms with van der Waals surface area (Å²) in [5.41, 5.74) is 0.149. The molecule has 2 nitrogen and oxygen atoms in total. The molecule has 0 aromatic heterocycles. The highest BCUT2D eigenvalue weighted by Crippen LogP contribution is 2.33. The molecule has 78 valence electrons. The van der Waals surface area contributed by atoms with Crippen LogP contribution in [0.4, 0.5) is 0 Å². The average Bonchev–Trinajstić information content (AvgIpc) is 2.04. The van der Waals surface area contributed by atoms with Crippen LogP contribution >= 0.6 is 0 Å². The molecule has 0 aromatic rings. The second-order valence-electron chi connectivity index (χ2n) is 4.07. The van der Waals surface area contributed by atoms with Crippen molar-refractivity contribution in [3.63, 3.8) is 0 Å². The fourth-order valence-electron chi connectivity index (χ4n) is 1.58. The van der Waals surface area contributed by atoms with E-state index in [-0.39, 0.29) is 17.5 Å². The van der Waals surface area contributed by atoms with Gasteiger partial charge in [-0.3, -0.25) is 4.79 Å². The van der Waals surface area contributed by atoms with E-state index in [4.69, 9.17) is 4.74 Å². The van der Waals surface area contributed by atoms with Crippen molar-refractivity contribution in [2.24, 2.45) is 5.41 Å². The third kappa shape index (κ3) is 4.30. The first-order valence-electron chi connectivity index (χ1n) is 5.23. The molecule has 13 heavy (non-hydrogen) atoms. The van der Waals surface area contributed by atoms with Crippen LogP contribution in [0.3, 0.4) is 0 Å². The summed E-state index contributed by atoms with van der Waals surface area (Å²) in [5, 5.41) is 0. The molecular weight excluding hydrogens is 164 g/mol. The lowest BCUT2D eigenvalue weighted by Gasteiger charge is -2.33. The smallest absolute Gasteiger partial charge is 0.306 e. The van der Waals surface area contributed by atoms with Crippen LogP contribution in [0.5, 0.6) is 0 Å². The minimum Gasteiger partial charge on any atom is -0.462 e. The van der Waals surface area contributed by atoms with Gasteiger partial charge in [0.2, 0.25) is 0 Å². The standard InChI is InChI=1S/C9H16O2.C2H6/c1-4-7-5-9(2,3)6-8(10)11-7;1-2/h7H,4-6H2,1-3H3;1-2H3. The molecule has 0 radical (unpaired) electrons. The molecular formula is C11H22O2. The van der Waals surface area contributed by atoms with Crippen LogP contribution in [0.1, 0.15) is 53.9 Å². The summed E-state index contributed by atoms with van der Waals surface area (Å²) in [7, 11) is 0. The second-order valence-corrected chi connectivity index (χ2v) is 4.07. The molecule has 0 aliphatic carbocycles. The molecule has 1 saturated heterocycles. The first-order chi connectivity index (χ1) is 6.03. The van der Waals surface area contributed by atoms with Gasteiger partial charge in [-0.1, -0.05) is 34.6 Å². The number of hydrogen-bond donors (Lipinski definition) is 0. The summed E-state index contributed by atoms with van der Waals surface area (Å²) >= 11 is 0. The van der Waals surface area contributed by atoms with Crippen molar-refractivity contribution in [1.29, 1.82) is 0 Å². The quantitative estimate of drug-likeness (QED) is 0.588. The Morgan fingerprint density at radius 1 is 1.46 bits per heavy atom. The Hall–Kier alpha value is -0.530. The Kier molecular flexibility index (Phi) is 5.04. The van der Waals surface area contributed by atoms with Gasteiger partial charge in [0.1, 0.15) is 6.10 Å². The van der Waals surface area contributed by atoms with Gasteiger partial charge in [0, 0.05) is 0 Å². The third-order valence-corrected chi connectivity index (χ3v) is 2.16. The van der Waals surface area contributed by atoms with Crippen molar-refractivity contribution in [3.05, 3.63) is 0 Å². The summed E-state index contributed by atoms with van der Waals surface area (Å²) in [6.07, 6.45) is 2.68. The molecule has 1 fully saturated rings. The minimum atomic E-state index is -0.0342. The summed E-state index contributed by atoms with van der Waals surface area (Å²) in [5.74, 6) is -0.0342. The van der Waals surface area contributed by atoms with Gasteiger partial charge in [0.05, 0.1) is 6.42 Å². The molecule has 1 aliphatic heterocycles. The van der Waals surface area contributed by atoms with Crippen LogP contribution in [0.15, 0.2) is 0 Å². The van der Waals surface area contributed by atoms with Crippen LogP contribution in [0.25, 0.3) is 0 Å². The molecule has 0 spiro atoms. The van der Waals surface area contributed by atoms with Crippen LogP contribution in [0.2, 0.25) is 0 Å². The molecule has 1 unspecified atom stereocenters. The highest BCUT2D eigenvalue weighted by Gasteiger charge is 2.33. The summed E-state index contributed by atoms with van der Waals surface area (Å²) < 4.78 is 5.13. The molecule has 1 aliphatic rings. The number of carbonyl (C=O) groups is 1. The van der Waals surface area contributed by atoms with E-state index in [1.807, 2.05) is 13.8 Å². The normalized spacial score (nSPS) is 25.6. The van der Waals surface area contributed by atoms with Gasteiger partial charge in [-0.15, -0.1) is 0 Å². The van der Waals surface area contributed by atoms with Crippen molar-refractivity contribution < 1.29 is 9.53 Å². The highest BCUT2D eigenvalue weighted by atomic mass is 16.5. The van der Waals surface area contributed by atoms with Gasteiger partial charge < -0.3 is 4.74 Å². The predicted molar refractivity (Wildman–Crippen MR) is 54.5 cm³/mol. The lowest BCUT2D eigenvalue weighted by atomic mass is 9.81. The molecule has 0 saturated carbocycles. The lowest BCUT2D eigenvalue weighted by molar-refractivity contribution is -0.160. The van der Waals surface area contributed by atoms with E-state index < -0.39 is 0 Å². The van der Waals surface area contributed by atoms with E-state index in [2.05, 4.69) is 20.8 Å². The maximum Gasteiger partial charge on any atom is 0.306 e. The van der Waals surface area contributed by atoms with Crippen molar-refractivity contribution in [3.8, 4) is 0 Å². The first-order valence-corrected chi connectivity index (χ1v) is 5.23. The molecule has 1 rings (SSSR count). The minimum absolute atomic E-state index is 0.0342. The van der Waals surface area contributed by atoms with Crippen LogP contribution in [-0.4, -0.2) is 12.1 Å². The monoisotopic (exact) mass is 186 g/mol. The zero-order valence-corrected chi connectivity index (χ0v) is 9.52. The van der Waals surface area contributed by atoms with E-state index in [0.29, 0.717) is 6.42 Å². The summed E-state index contributed by atoms with van der Waals surface area (Å²) in [4.78, 5) is 11.0. The van der Waals surface area contributed by atoms with E-state index >= 15 is 0 Å². The second kappa shape index (κ2) is 5.25. The van der Waals surface area contributed by atoms with Crippen LogP contribution in [0, 0.1) is 5.41 Å². The molecule has 0 aromatic carbocycles. The molecule has 0 amide bonds. The van der Waals surface area contributed by atoms with Crippen molar-refractivity contribution in [1.82, 2.24) is 0 Å². The fraction of sp³-hybridized carbons (Fsp3) is 0.909. The van der Waals surface area contributed by atoms with Gasteiger partial charge >= 0.3 is 5.97 Å². The number of rotatable bonds is 1. The maximum atomic E-state index is 11.0. The largest absolute Gasteiger partial charge is 0.462 e. The average molecular weight is 186 g/mol. The predicted octanol–water partition coefficient (Wildman–Crippen LogP) is 3.15. The number of cyclic esters (lactones) is 1. The zero-order valence-electron chi connectivity index (χ0n) is 9.52. The first kappa shape index (κ1) is 12.5. The number of esters is 1. The lowest BCUT2D eigenvalue weighted by Crippen LogP contribution is -2.34. The van der Waals surface area contributed by atoms with E-state index in [1.54, 1.807) is 0 Å². The topological polar surface area (TPSA) is 26.3 Å². The Morgan fingerprint density at radius 3 is 2.38 bits per heavy atom. The van der Waals surface area contributed by atoms with Crippen molar-refractivity contribution in [2.75, 3.05) is 0 Å². The van der Waals surface area contributed by atoms with E-state index in [0.717, 1.165) is 12.8 Å². The van der Waals surface area contributed by atoms with Crippen LogP contribution in [-0.2, 0) is 9.53 Å². The van der Waals surface area contributed by atoms with E-state index in [1.165, 1.54) is 0 Å². The highest BCUT2D eigenvalue weighted by molar-refractivity contribution is 5.71. The summed E-state index contributed by atoms with van der Waals surface area (Å²) in [6.45, 7) is 10.3. The van der Waals surface area contributed by atoms with Crippen molar-refractivity contribution >= 4 is 5.97 Å². The Morgan fingerprint density at radius 2 is 2.00 bits per heavy atom. The van der Waals surface area contributed by atoms with Gasteiger partial charge in [-0.05, 0) is 18.3 Å². The molecule has 1 heterocycles. The van der Waals surface area contributed by atoms with Gasteiger partial charge in [-0.2, -0.15) is 0 Å². The number of ether oxygens (including phenoxy) is 1. The Balaban J connectivity index is 0.000000671. The molecule has 0 N–H and O–H groups in total. The van der Waals surface area contributed by atoms with Crippen LogP contribution < -0.4 is 0 Å². The van der Waals surface area contributed by atoms with E-state index in [9.17, 15) is 4.79 Å².